The van der Waals surface area contributed by atoms with Crippen molar-refractivity contribution in [3.63, 3.8) is 0 Å². The van der Waals surface area contributed by atoms with Gasteiger partial charge in [0, 0.05) is 22.0 Å². The van der Waals surface area contributed by atoms with Gasteiger partial charge in [0.15, 0.2) is 5.82 Å². The molecule has 3 nitrogen and oxygen atoms in total. The van der Waals surface area contributed by atoms with Crippen LogP contribution in [0.4, 0.5) is 9.52 Å². The molecule has 0 aliphatic rings. The summed E-state index contributed by atoms with van der Waals surface area (Å²) in [4.78, 5) is 5.02. The minimum Gasteiger partial charge on any atom is -0.356 e. The van der Waals surface area contributed by atoms with E-state index in [4.69, 9.17) is 0 Å². The van der Waals surface area contributed by atoms with Crippen molar-refractivity contribution in [3.05, 3.63) is 35.9 Å². The molecule has 2 aromatic rings. The lowest BCUT2D eigenvalue weighted by Gasteiger charge is -2.18. The molecule has 0 radical (unpaired) electrons. The van der Waals surface area contributed by atoms with Crippen LogP contribution in [0.3, 0.4) is 0 Å². The smallest absolute Gasteiger partial charge is 0.203 e. The van der Waals surface area contributed by atoms with Gasteiger partial charge in [-0.05, 0) is 32.9 Å². The summed E-state index contributed by atoms with van der Waals surface area (Å²) >= 11 is 2.75. The molecule has 1 N–H and O–H groups in total. The fraction of sp³-hybridized carbons (Fsp3) is 0.385. The van der Waals surface area contributed by atoms with Crippen molar-refractivity contribution in [1.82, 2.24) is 9.36 Å². The van der Waals surface area contributed by atoms with Crippen LogP contribution in [-0.2, 0) is 5.75 Å². The van der Waals surface area contributed by atoms with Crippen molar-refractivity contribution in [3.8, 4) is 0 Å². The zero-order chi connectivity index (χ0) is 13.9. The summed E-state index contributed by atoms with van der Waals surface area (Å²) in [5.74, 6) is 1.10. The highest BCUT2D eigenvalue weighted by Gasteiger charge is 2.13. The van der Waals surface area contributed by atoms with Crippen LogP contribution in [0.5, 0.6) is 0 Å². The maximum absolute atomic E-state index is 13.4. The van der Waals surface area contributed by atoms with E-state index < -0.39 is 0 Å². The number of hydrogen-bond donors (Lipinski definition) is 1. The third kappa shape index (κ3) is 4.47. The number of hydrogen-bond acceptors (Lipinski definition) is 5. The molecule has 102 valence electrons. The van der Waals surface area contributed by atoms with Gasteiger partial charge in [0.25, 0.3) is 0 Å². The maximum Gasteiger partial charge on any atom is 0.203 e. The normalized spacial score (nSPS) is 11.6. The molecule has 0 spiro atoms. The van der Waals surface area contributed by atoms with Crippen molar-refractivity contribution in [2.24, 2.45) is 0 Å². The Morgan fingerprint density at radius 2 is 2.05 bits per heavy atom. The summed E-state index contributed by atoms with van der Waals surface area (Å²) in [6, 6.07) is 6.74. The van der Waals surface area contributed by atoms with Crippen LogP contribution in [0.15, 0.2) is 29.2 Å². The first-order valence-corrected chi connectivity index (χ1v) is 7.68. The standard InChI is InChI=1S/C13H16FN3S2/c1-13(2,3)16-12-15-11(17-19-12)8-18-10-7-5-4-6-9(10)14/h4-7H,8H2,1-3H3,(H,15,16,17). The van der Waals surface area contributed by atoms with Gasteiger partial charge in [0.2, 0.25) is 5.13 Å². The number of nitrogens with one attached hydrogen (secondary N) is 1. The zero-order valence-corrected chi connectivity index (χ0v) is 12.7. The Morgan fingerprint density at radius 3 is 2.74 bits per heavy atom. The van der Waals surface area contributed by atoms with Crippen molar-refractivity contribution in [1.29, 1.82) is 0 Å². The van der Waals surface area contributed by atoms with E-state index in [9.17, 15) is 4.39 Å². The van der Waals surface area contributed by atoms with Crippen molar-refractivity contribution >= 4 is 28.4 Å². The molecule has 2 rings (SSSR count). The van der Waals surface area contributed by atoms with Crippen LogP contribution in [0.25, 0.3) is 0 Å². The fourth-order valence-corrected chi connectivity index (χ4v) is 3.06. The Kier molecular flexibility index (Phi) is 4.42. The second-order valence-electron chi connectivity index (χ2n) is 5.11. The quantitative estimate of drug-likeness (QED) is 0.859. The molecule has 0 amide bonds. The Morgan fingerprint density at radius 1 is 1.32 bits per heavy atom. The summed E-state index contributed by atoms with van der Waals surface area (Å²) in [5.41, 5.74) is -0.0323. The highest BCUT2D eigenvalue weighted by atomic mass is 32.2. The first-order chi connectivity index (χ1) is 8.94. The second-order valence-corrected chi connectivity index (χ2v) is 6.88. The van der Waals surface area contributed by atoms with Gasteiger partial charge >= 0.3 is 0 Å². The third-order valence-electron chi connectivity index (χ3n) is 2.14. The molecule has 1 heterocycles. The van der Waals surface area contributed by atoms with Gasteiger partial charge in [-0.1, -0.05) is 12.1 Å². The van der Waals surface area contributed by atoms with Crippen LogP contribution in [0, 0.1) is 5.82 Å². The summed E-state index contributed by atoms with van der Waals surface area (Å²) in [6.07, 6.45) is 0. The Bertz CT molecular complexity index is 549. The molecule has 0 unspecified atom stereocenters. The Labute approximate surface area is 120 Å². The molecule has 0 atom stereocenters. The zero-order valence-electron chi connectivity index (χ0n) is 11.1. The van der Waals surface area contributed by atoms with Gasteiger partial charge < -0.3 is 5.32 Å². The summed E-state index contributed by atoms with van der Waals surface area (Å²) in [7, 11) is 0. The molecule has 6 heteroatoms. The van der Waals surface area contributed by atoms with E-state index in [0.29, 0.717) is 10.6 Å². The first-order valence-electron chi connectivity index (χ1n) is 5.92. The van der Waals surface area contributed by atoms with Crippen molar-refractivity contribution in [2.75, 3.05) is 5.32 Å². The van der Waals surface area contributed by atoms with Crippen LogP contribution < -0.4 is 5.32 Å². The van der Waals surface area contributed by atoms with E-state index >= 15 is 0 Å². The fourth-order valence-electron chi connectivity index (χ4n) is 1.39. The van der Waals surface area contributed by atoms with Gasteiger partial charge in [0.1, 0.15) is 5.82 Å². The van der Waals surface area contributed by atoms with Crippen LogP contribution in [0.1, 0.15) is 26.6 Å². The molecule has 19 heavy (non-hydrogen) atoms. The van der Waals surface area contributed by atoms with Crippen LogP contribution in [0.2, 0.25) is 0 Å². The van der Waals surface area contributed by atoms with Gasteiger partial charge in [0.05, 0.1) is 5.75 Å². The summed E-state index contributed by atoms with van der Waals surface area (Å²) in [5, 5.41) is 4.08. The minimum absolute atomic E-state index is 0.0323. The lowest BCUT2D eigenvalue weighted by atomic mass is 10.1. The third-order valence-corrected chi connectivity index (χ3v) is 3.86. The Hall–Kier alpha value is -1.14. The lowest BCUT2D eigenvalue weighted by Crippen LogP contribution is -2.25. The highest BCUT2D eigenvalue weighted by Crippen LogP contribution is 2.26. The molecule has 0 saturated carbocycles. The monoisotopic (exact) mass is 297 g/mol. The molecule has 1 aromatic heterocycles. The number of rotatable bonds is 4. The largest absolute Gasteiger partial charge is 0.356 e. The molecular weight excluding hydrogens is 281 g/mol. The Balaban J connectivity index is 1.96. The van der Waals surface area contributed by atoms with Crippen molar-refractivity contribution in [2.45, 2.75) is 37.0 Å². The average molecular weight is 297 g/mol. The van der Waals surface area contributed by atoms with Crippen LogP contribution in [-0.4, -0.2) is 14.9 Å². The molecule has 0 bridgehead atoms. The molecule has 1 aromatic carbocycles. The number of halogens is 1. The topological polar surface area (TPSA) is 37.8 Å². The number of benzene rings is 1. The van der Waals surface area contributed by atoms with Gasteiger partial charge in [-0.15, -0.1) is 11.8 Å². The first kappa shape index (κ1) is 14.3. The van der Waals surface area contributed by atoms with Crippen molar-refractivity contribution < 1.29 is 4.39 Å². The van der Waals surface area contributed by atoms with E-state index in [0.717, 1.165) is 11.0 Å². The molecule has 0 aliphatic heterocycles. The second kappa shape index (κ2) is 5.88. The lowest BCUT2D eigenvalue weighted by molar-refractivity contribution is 0.602. The van der Waals surface area contributed by atoms with Gasteiger partial charge in [-0.25, -0.2) is 9.37 Å². The summed E-state index contributed by atoms with van der Waals surface area (Å²) in [6.45, 7) is 6.21. The molecule has 0 aliphatic carbocycles. The maximum atomic E-state index is 13.4. The molecule has 0 saturated heterocycles. The van der Waals surface area contributed by atoms with Gasteiger partial charge in [-0.2, -0.15) is 4.37 Å². The molecular formula is C13H16FN3S2. The summed E-state index contributed by atoms with van der Waals surface area (Å²) < 4.78 is 17.7. The van der Waals surface area contributed by atoms with Gasteiger partial charge in [-0.3, -0.25) is 0 Å². The predicted molar refractivity (Wildman–Crippen MR) is 79.2 cm³/mol. The minimum atomic E-state index is -0.198. The van der Waals surface area contributed by atoms with E-state index in [1.165, 1.54) is 29.4 Å². The van der Waals surface area contributed by atoms with Crippen LogP contribution >= 0.6 is 23.3 Å². The number of thioether (sulfide) groups is 1. The SMILES string of the molecule is CC(C)(C)Nc1nc(CSc2ccccc2F)ns1. The number of aromatic nitrogens is 2. The average Bonchev–Trinajstić information content (AvgIpc) is 2.73. The van der Waals surface area contributed by atoms with E-state index in [-0.39, 0.29) is 11.4 Å². The van der Waals surface area contributed by atoms with E-state index in [1.54, 1.807) is 12.1 Å². The van der Waals surface area contributed by atoms with E-state index in [1.807, 2.05) is 6.07 Å². The molecule has 0 fully saturated rings. The van der Waals surface area contributed by atoms with E-state index in [2.05, 4.69) is 35.4 Å². The number of anilines is 1. The highest BCUT2D eigenvalue weighted by molar-refractivity contribution is 7.98. The predicted octanol–water partition coefficient (Wildman–Crippen LogP) is 4.18. The number of nitrogens with zero attached hydrogens (tertiary/aromatic N) is 2.